The van der Waals surface area contributed by atoms with Crippen molar-refractivity contribution in [2.24, 2.45) is 5.92 Å². The van der Waals surface area contributed by atoms with Gasteiger partial charge in [-0.1, -0.05) is 25.1 Å². The third-order valence-electron chi connectivity index (χ3n) is 5.41. The van der Waals surface area contributed by atoms with Gasteiger partial charge in [0.25, 0.3) is 11.6 Å². The lowest BCUT2D eigenvalue weighted by molar-refractivity contribution is -0.384. The highest BCUT2D eigenvalue weighted by atomic mass is 16.6. The van der Waals surface area contributed by atoms with E-state index < -0.39 is 10.8 Å². The summed E-state index contributed by atoms with van der Waals surface area (Å²) >= 11 is 0. The van der Waals surface area contributed by atoms with Crippen LogP contribution in [0.4, 0.5) is 17.2 Å². The Labute approximate surface area is 174 Å². The zero-order valence-corrected chi connectivity index (χ0v) is 16.7. The molecule has 0 aliphatic carbocycles. The minimum absolute atomic E-state index is 0.107. The van der Waals surface area contributed by atoms with Crippen molar-refractivity contribution < 1.29 is 9.72 Å². The first kappa shape index (κ1) is 19.6. The lowest BCUT2D eigenvalue weighted by Gasteiger charge is -2.33. The number of hydrogen-bond donors (Lipinski definition) is 1. The number of carbonyl (C=O) groups is 1. The second-order valence-electron chi connectivity index (χ2n) is 7.56. The lowest BCUT2D eigenvalue weighted by atomic mass is 9.98. The molecule has 0 unspecified atom stereocenters. The maximum Gasteiger partial charge on any atom is 0.270 e. The summed E-state index contributed by atoms with van der Waals surface area (Å²) in [6.07, 6.45) is 3.81. The topological polar surface area (TPSA) is 93.3 Å². The second-order valence-corrected chi connectivity index (χ2v) is 7.56. The highest BCUT2D eigenvalue weighted by molar-refractivity contribution is 6.08. The summed E-state index contributed by atoms with van der Waals surface area (Å²) in [4.78, 5) is 26.0. The van der Waals surface area contributed by atoms with Crippen molar-refractivity contribution in [2.45, 2.75) is 19.8 Å². The van der Waals surface area contributed by atoms with E-state index in [2.05, 4.69) is 22.2 Å². The summed E-state index contributed by atoms with van der Waals surface area (Å²) in [5, 5.41) is 18.4. The fourth-order valence-electron chi connectivity index (χ4n) is 3.64. The van der Waals surface area contributed by atoms with Crippen molar-refractivity contribution in [2.75, 3.05) is 23.3 Å². The standard InChI is InChI=1S/C22H23N5O3/c1-16-9-12-25(13-10-16)20-8-7-18(27(29)30)15-19(20)22(28)23-21-11-14-26(24-21)17-5-3-2-4-6-17/h2-8,11,14-16H,9-10,12-13H2,1H3,(H,23,24,28). The van der Waals surface area contributed by atoms with Crippen LogP contribution in [-0.4, -0.2) is 33.7 Å². The fourth-order valence-corrected chi connectivity index (χ4v) is 3.64. The number of nitrogens with zero attached hydrogens (tertiary/aromatic N) is 4. The molecule has 0 radical (unpaired) electrons. The van der Waals surface area contributed by atoms with Crippen LogP contribution in [0.2, 0.25) is 0 Å². The maximum absolute atomic E-state index is 13.1. The summed E-state index contributed by atoms with van der Waals surface area (Å²) in [7, 11) is 0. The van der Waals surface area contributed by atoms with Gasteiger partial charge in [0, 0.05) is 37.5 Å². The summed E-state index contributed by atoms with van der Waals surface area (Å²) in [5.74, 6) is 0.609. The molecule has 30 heavy (non-hydrogen) atoms. The van der Waals surface area contributed by atoms with Gasteiger partial charge in [-0.05, 0) is 37.0 Å². The van der Waals surface area contributed by atoms with E-state index in [4.69, 9.17) is 0 Å². The van der Waals surface area contributed by atoms with Crippen LogP contribution in [-0.2, 0) is 0 Å². The highest BCUT2D eigenvalue weighted by Crippen LogP contribution is 2.30. The Bertz CT molecular complexity index is 1060. The number of benzene rings is 2. The Morgan fingerprint density at radius 1 is 1.13 bits per heavy atom. The van der Waals surface area contributed by atoms with Crippen molar-refractivity contribution in [1.29, 1.82) is 0 Å². The first-order valence-electron chi connectivity index (χ1n) is 9.97. The quantitative estimate of drug-likeness (QED) is 0.505. The van der Waals surface area contributed by atoms with Crippen LogP contribution in [0.3, 0.4) is 0 Å². The van der Waals surface area contributed by atoms with Crippen molar-refractivity contribution in [3.05, 3.63) is 76.5 Å². The average molecular weight is 405 g/mol. The van der Waals surface area contributed by atoms with Gasteiger partial charge in [-0.2, -0.15) is 5.10 Å². The average Bonchev–Trinajstić information content (AvgIpc) is 3.23. The van der Waals surface area contributed by atoms with Crippen LogP contribution in [0.25, 0.3) is 5.69 Å². The molecule has 2 aromatic carbocycles. The van der Waals surface area contributed by atoms with Crippen LogP contribution in [0.1, 0.15) is 30.1 Å². The maximum atomic E-state index is 13.1. The van der Waals surface area contributed by atoms with E-state index in [-0.39, 0.29) is 11.3 Å². The molecule has 8 heteroatoms. The first-order valence-corrected chi connectivity index (χ1v) is 9.97. The summed E-state index contributed by atoms with van der Waals surface area (Å²) < 4.78 is 1.66. The predicted molar refractivity (Wildman–Crippen MR) is 115 cm³/mol. The van der Waals surface area contributed by atoms with E-state index in [1.54, 1.807) is 23.0 Å². The first-order chi connectivity index (χ1) is 14.5. The molecule has 0 atom stereocenters. The Balaban J connectivity index is 1.60. The number of hydrogen-bond acceptors (Lipinski definition) is 5. The molecule has 1 amide bonds. The molecule has 154 valence electrons. The van der Waals surface area contributed by atoms with Gasteiger partial charge in [0.1, 0.15) is 0 Å². The number of anilines is 2. The number of aromatic nitrogens is 2. The zero-order chi connectivity index (χ0) is 21.1. The number of non-ortho nitro benzene ring substituents is 1. The zero-order valence-electron chi connectivity index (χ0n) is 16.7. The molecule has 8 nitrogen and oxygen atoms in total. The van der Waals surface area contributed by atoms with Crippen molar-refractivity contribution in [3.8, 4) is 5.69 Å². The number of carbonyl (C=O) groups excluding carboxylic acids is 1. The fraction of sp³-hybridized carbons (Fsp3) is 0.273. The minimum atomic E-state index is -0.483. The van der Waals surface area contributed by atoms with Crippen molar-refractivity contribution in [1.82, 2.24) is 9.78 Å². The molecule has 1 aliphatic heterocycles. The normalized spacial score (nSPS) is 14.5. The Morgan fingerprint density at radius 3 is 2.57 bits per heavy atom. The monoisotopic (exact) mass is 405 g/mol. The molecule has 1 aliphatic rings. The van der Waals surface area contributed by atoms with E-state index in [9.17, 15) is 14.9 Å². The number of rotatable bonds is 5. The Hall–Kier alpha value is -3.68. The molecule has 1 saturated heterocycles. The summed E-state index contributed by atoms with van der Waals surface area (Å²) in [5.41, 5.74) is 1.76. The van der Waals surface area contributed by atoms with Crippen molar-refractivity contribution >= 4 is 23.1 Å². The molecule has 1 N–H and O–H groups in total. The number of piperidine rings is 1. The van der Waals surface area contributed by atoms with Crippen LogP contribution >= 0.6 is 0 Å². The van der Waals surface area contributed by atoms with Crippen LogP contribution < -0.4 is 10.2 Å². The third kappa shape index (κ3) is 4.17. The minimum Gasteiger partial charge on any atom is -0.371 e. The van der Waals surface area contributed by atoms with Crippen LogP contribution in [0, 0.1) is 16.0 Å². The Kier molecular flexibility index (Phi) is 5.47. The largest absolute Gasteiger partial charge is 0.371 e. The molecule has 3 aromatic rings. The van der Waals surface area contributed by atoms with E-state index in [1.165, 1.54) is 12.1 Å². The van der Waals surface area contributed by atoms with Gasteiger partial charge in [-0.15, -0.1) is 0 Å². The Morgan fingerprint density at radius 2 is 1.87 bits per heavy atom. The van der Waals surface area contributed by atoms with Gasteiger partial charge in [0.05, 0.1) is 21.9 Å². The summed E-state index contributed by atoms with van der Waals surface area (Å²) in [6.45, 7) is 3.85. The van der Waals surface area contributed by atoms with Gasteiger partial charge < -0.3 is 10.2 Å². The van der Waals surface area contributed by atoms with Gasteiger partial charge >= 0.3 is 0 Å². The highest BCUT2D eigenvalue weighted by Gasteiger charge is 2.24. The predicted octanol–water partition coefficient (Wildman–Crippen LogP) is 4.27. The molecule has 0 saturated carbocycles. The third-order valence-corrected chi connectivity index (χ3v) is 5.41. The van der Waals surface area contributed by atoms with E-state index in [1.807, 2.05) is 30.3 Å². The van der Waals surface area contributed by atoms with E-state index in [0.29, 0.717) is 17.4 Å². The van der Waals surface area contributed by atoms with Gasteiger partial charge in [0.15, 0.2) is 5.82 Å². The van der Waals surface area contributed by atoms with E-state index in [0.717, 1.165) is 31.6 Å². The molecule has 1 aromatic heterocycles. The van der Waals surface area contributed by atoms with E-state index >= 15 is 0 Å². The summed E-state index contributed by atoms with van der Waals surface area (Å²) in [6, 6.07) is 15.7. The number of amides is 1. The van der Waals surface area contributed by atoms with Gasteiger partial charge in [0.2, 0.25) is 0 Å². The molecule has 2 heterocycles. The molecular weight excluding hydrogens is 382 g/mol. The van der Waals surface area contributed by atoms with Crippen LogP contribution in [0.15, 0.2) is 60.8 Å². The SMILES string of the molecule is CC1CCN(c2ccc([N+](=O)[O-])cc2C(=O)Nc2ccn(-c3ccccc3)n2)CC1. The van der Waals surface area contributed by atoms with Crippen molar-refractivity contribution in [3.63, 3.8) is 0 Å². The molecule has 1 fully saturated rings. The number of nitro benzene ring substituents is 1. The molecular formula is C22H23N5O3. The number of nitrogens with one attached hydrogen (secondary N) is 1. The van der Waals surface area contributed by atoms with Gasteiger partial charge in [-0.3, -0.25) is 14.9 Å². The van der Waals surface area contributed by atoms with Gasteiger partial charge in [-0.25, -0.2) is 4.68 Å². The molecule has 0 bridgehead atoms. The number of para-hydroxylation sites is 1. The smallest absolute Gasteiger partial charge is 0.270 e. The molecule has 0 spiro atoms. The number of nitro groups is 1. The van der Waals surface area contributed by atoms with Crippen LogP contribution in [0.5, 0.6) is 0 Å². The molecule has 4 rings (SSSR count). The lowest BCUT2D eigenvalue weighted by Crippen LogP contribution is -2.34. The second kappa shape index (κ2) is 8.36.